The second kappa shape index (κ2) is 7.49. The molecule has 10 nitrogen and oxygen atoms in total. The molecule has 2 heterocycles. The number of rotatable bonds is 5. The van der Waals surface area contributed by atoms with E-state index in [0.717, 1.165) is 12.1 Å². The van der Waals surface area contributed by atoms with Gasteiger partial charge in [-0.1, -0.05) is 23.2 Å². The van der Waals surface area contributed by atoms with Gasteiger partial charge < -0.3 is 5.32 Å². The fourth-order valence-electron chi connectivity index (χ4n) is 2.68. The van der Waals surface area contributed by atoms with Crippen molar-refractivity contribution < 1.29 is 13.3 Å². The molecule has 0 fully saturated rings. The Morgan fingerprint density at radius 1 is 1.20 bits per heavy atom. The molecule has 30 heavy (non-hydrogen) atoms. The standard InChI is InChI=1S/C16H10Cl2N6O4S2/c17-8-1-3-10(11(18)5-8)14-7-29-16-21-15(22-23(14)16)20-12-4-2-9(30(19,27)28)6-13(12)24(25)26/h1-7H,(H,20,22)(H2,19,27,28). The summed E-state index contributed by atoms with van der Waals surface area (Å²) in [6, 6.07) is 8.30. The van der Waals surface area contributed by atoms with Gasteiger partial charge in [-0.2, -0.15) is 4.98 Å². The number of thiazole rings is 1. The van der Waals surface area contributed by atoms with Gasteiger partial charge in [0, 0.05) is 22.0 Å². The Balaban J connectivity index is 1.74. The molecule has 14 heteroatoms. The molecule has 4 aromatic rings. The molecule has 2 aromatic carbocycles. The Bertz CT molecular complexity index is 1420. The minimum absolute atomic E-state index is 0.0109. The Labute approximate surface area is 183 Å². The number of nitro benzene ring substituents is 1. The first kappa shape index (κ1) is 20.5. The Hall–Kier alpha value is -2.77. The first-order valence-electron chi connectivity index (χ1n) is 8.01. The third-order valence-electron chi connectivity index (χ3n) is 4.03. The largest absolute Gasteiger partial charge is 0.317 e. The number of sulfonamides is 1. The van der Waals surface area contributed by atoms with Crippen molar-refractivity contribution in [3.05, 3.63) is 61.9 Å². The molecular weight excluding hydrogens is 475 g/mol. The predicted molar refractivity (Wildman–Crippen MR) is 114 cm³/mol. The summed E-state index contributed by atoms with van der Waals surface area (Å²) in [5, 5.41) is 26.2. The maximum absolute atomic E-state index is 11.5. The highest BCUT2D eigenvalue weighted by molar-refractivity contribution is 7.89. The monoisotopic (exact) mass is 484 g/mol. The van der Waals surface area contributed by atoms with Gasteiger partial charge in [0.15, 0.2) is 0 Å². The molecule has 4 rings (SSSR count). The fourth-order valence-corrected chi connectivity index (χ4v) is 4.54. The number of nitrogens with zero attached hydrogens (tertiary/aromatic N) is 4. The van der Waals surface area contributed by atoms with Crippen molar-refractivity contribution >= 4 is 66.8 Å². The van der Waals surface area contributed by atoms with Crippen molar-refractivity contribution in [2.24, 2.45) is 5.14 Å². The van der Waals surface area contributed by atoms with Gasteiger partial charge in [-0.3, -0.25) is 10.1 Å². The molecule has 0 saturated carbocycles. The average molecular weight is 485 g/mol. The highest BCUT2D eigenvalue weighted by Crippen LogP contribution is 2.34. The van der Waals surface area contributed by atoms with Crippen molar-refractivity contribution in [3.8, 4) is 11.3 Å². The number of fused-ring (bicyclic) bond motifs is 1. The van der Waals surface area contributed by atoms with Crippen molar-refractivity contribution in [2.75, 3.05) is 5.32 Å². The number of hydrogen-bond acceptors (Lipinski definition) is 8. The van der Waals surface area contributed by atoms with Crippen LogP contribution in [-0.2, 0) is 10.0 Å². The number of halogens is 2. The third-order valence-corrected chi connectivity index (χ3v) is 6.30. The normalized spacial score (nSPS) is 11.7. The van der Waals surface area contributed by atoms with Crippen LogP contribution in [0.25, 0.3) is 16.2 Å². The molecule has 0 spiro atoms. The van der Waals surface area contributed by atoms with Gasteiger partial charge in [-0.05, 0) is 30.3 Å². The lowest BCUT2D eigenvalue weighted by atomic mass is 10.2. The second-order valence-corrected chi connectivity index (χ2v) is 9.22. The van der Waals surface area contributed by atoms with Crippen LogP contribution in [0, 0.1) is 10.1 Å². The van der Waals surface area contributed by atoms with Crippen LogP contribution in [0.3, 0.4) is 0 Å². The maximum atomic E-state index is 11.5. The average Bonchev–Trinajstić information content (AvgIpc) is 3.21. The summed E-state index contributed by atoms with van der Waals surface area (Å²) in [4.78, 5) is 15.1. The van der Waals surface area contributed by atoms with E-state index in [0.29, 0.717) is 26.3 Å². The molecule has 0 aliphatic carbocycles. The van der Waals surface area contributed by atoms with E-state index in [-0.39, 0.29) is 16.5 Å². The Morgan fingerprint density at radius 3 is 2.63 bits per heavy atom. The lowest BCUT2D eigenvalue weighted by molar-refractivity contribution is -0.384. The zero-order valence-electron chi connectivity index (χ0n) is 14.6. The van der Waals surface area contributed by atoms with Crippen LogP contribution >= 0.6 is 34.5 Å². The summed E-state index contributed by atoms with van der Waals surface area (Å²) in [5.41, 5.74) is 0.876. The summed E-state index contributed by atoms with van der Waals surface area (Å²) in [5.74, 6) is 0.0830. The molecule has 0 saturated heterocycles. The number of anilines is 2. The fraction of sp³-hybridized carbons (Fsp3) is 0. The molecule has 0 aliphatic heterocycles. The number of aromatic nitrogens is 3. The lowest BCUT2D eigenvalue weighted by Crippen LogP contribution is -2.12. The SMILES string of the molecule is NS(=O)(=O)c1ccc(Nc2nc3scc(-c4ccc(Cl)cc4Cl)n3n2)c([N+](=O)[O-])c1. The van der Waals surface area contributed by atoms with E-state index in [9.17, 15) is 18.5 Å². The summed E-state index contributed by atoms with van der Waals surface area (Å²) in [7, 11) is -4.09. The number of nitrogens with two attached hydrogens (primary N) is 1. The third kappa shape index (κ3) is 3.82. The van der Waals surface area contributed by atoms with Crippen LogP contribution in [0.4, 0.5) is 17.3 Å². The van der Waals surface area contributed by atoms with Gasteiger partial charge in [0.25, 0.3) is 5.69 Å². The van der Waals surface area contributed by atoms with Crippen LogP contribution in [-0.4, -0.2) is 27.9 Å². The first-order valence-corrected chi connectivity index (χ1v) is 11.2. The molecule has 154 valence electrons. The number of primary sulfonamides is 1. The zero-order chi connectivity index (χ0) is 21.6. The molecule has 0 atom stereocenters. The number of benzene rings is 2. The first-order chi connectivity index (χ1) is 14.1. The van der Waals surface area contributed by atoms with Gasteiger partial charge in [0.2, 0.25) is 20.9 Å². The molecule has 0 radical (unpaired) electrons. The summed E-state index contributed by atoms with van der Waals surface area (Å²) in [6.07, 6.45) is 0. The van der Waals surface area contributed by atoms with Crippen molar-refractivity contribution in [3.63, 3.8) is 0 Å². The van der Waals surface area contributed by atoms with E-state index >= 15 is 0 Å². The number of hydrogen-bond donors (Lipinski definition) is 2. The lowest BCUT2D eigenvalue weighted by Gasteiger charge is -2.05. The van der Waals surface area contributed by atoms with Crippen LogP contribution in [0.15, 0.2) is 46.7 Å². The number of nitrogens with one attached hydrogen (secondary N) is 1. The molecule has 0 unspecified atom stereocenters. The van der Waals surface area contributed by atoms with E-state index < -0.39 is 20.6 Å². The smallest absolute Gasteiger partial charge is 0.294 e. The predicted octanol–water partition coefficient (Wildman–Crippen LogP) is 4.06. The molecule has 0 aliphatic rings. The molecule has 2 aromatic heterocycles. The van der Waals surface area contributed by atoms with Gasteiger partial charge in [0.05, 0.1) is 20.5 Å². The maximum Gasteiger partial charge on any atom is 0.294 e. The van der Waals surface area contributed by atoms with E-state index in [4.69, 9.17) is 28.3 Å². The molecule has 3 N–H and O–H groups in total. The van der Waals surface area contributed by atoms with E-state index in [1.165, 1.54) is 21.9 Å². The zero-order valence-corrected chi connectivity index (χ0v) is 17.8. The Morgan fingerprint density at radius 2 is 1.97 bits per heavy atom. The highest BCUT2D eigenvalue weighted by atomic mass is 35.5. The van der Waals surface area contributed by atoms with Crippen LogP contribution in [0.2, 0.25) is 10.0 Å². The summed E-state index contributed by atoms with van der Waals surface area (Å²) < 4.78 is 24.5. The second-order valence-electron chi connectivity index (χ2n) is 5.98. The van der Waals surface area contributed by atoms with Crippen LogP contribution < -0.4 is 10.5 Å². The minimum atomic E-state index is -4.09. The quantitative estimate of drug-likeness (QED) is 0.320. The van der Waals surface area contributed by atoms with Crippen LogP contribution in [0.1, 0.15) is 0 Å². The minimum Gasteiger partial charge on any atom is -0.317 e. The Kier molecular flexibility index (Phi) is 5.11. The van der Waals surface area contributed by atoms with E-state index in [2.05, 4.69) is 15.4 Å². The van der Waals surface area contributed by atoms with E-state index in [1.54, 1.807) is 18.2 Å². The van der Waals surface area contributed by atoms with Gasteiger partial charge in [-0.25, -0.2) is 18.1 Å². The van der Waals surface area contributed by atoms with Crippen LogP contribution in [0.5, 0.6) is 0 Å². The van der Waals surface area contributed by atoms with Crippen molar-refractivity contribution in [1.29, 1.82) is 0 Å². The van der Waals surface area contributed by atoms with Gasteiger partial charge >= 0.3 is 0 Å². The summed E-state index contributed by atoms with van der Waals surface area (Å²) >= 11 is 13.5. The molecule has 0 bridgehead atoms. The number of nitro groups is 1. The highest BCUT2D eigenvalue weighted by Gasteiger charge is 2.21. The molecular formula is C16H10Cl2N6O4S2. The van der Waals surface area contributed by atoms with Crippen molar-refractivity contribution in [2.45, 2.75) is 4.90 Å². The van der Waals surface area contributed by atoms with E-state index in [1.807, 2.05) is 5.38 Å². The summed E-state index contributed by atoms with van der Waals surface area (Å²) in [6.45, 7) is 0. The van der Waals surface area contributed by atoms with Gasteiger partial charge in [-0.15, -0.1) is 16.4 Å². The van der Waals surface area contributed by atoms with Gasteiger partial charge in [0.1, 0.15) is 5.69 Å². The van der Waals surface area contributed by atoms with Crippen molar-refractivity contribution in [1.82, 2.24) is 14.6 Å². The molecule has 0 amide bonds. The topological polar surface area (TPSA) is 146 Å².